The summed E-state index contributed by atoms with van der Waals surface area (Å²) in [4.78, 5) is 29.4. The lowest BCUT2D eigenvalue weighted by atomic mass is 10.2. The Morgan fingerprint density at radius 1 is 0.913 bits per heavy atom. The van der Waals surface area contributed by atoms with Crippen LogP contribution >= 0.6 is 34.5 Å². The zero-order chi connectivity index (χ0) is 16.4. The van der Waals surface area contributed by atoms with E-state index in [1.54, 1.807) is 12.1 Å². The minimum absolute atomic E-state index is 0.122. The van der Waals surface area contributed by atoms with Gasteiger partial charge >= 0.3 is 0 Å². The first-order chi connectivity index (χ1) is 11.0. The first-order valence-corrected chi connectivity index (χ1v) is 8.16. The normalized spacial score (nSPS) is 12.8. The highest BCUT2D eigenvalue weighted by Gasteiger charge is 2.04. The largest absolute Gasteiger partial charge is 0.316 e. The average Bonchev–Trinajstić information content (AvgIpc) is 2.83. The Balaban J connectivity index is 2.16. The molecule has 0 saturated carbocycles. The van der Waals surface area contributed by atoms with E-state index in [2.05, 4.69) is 9.97 Å². The Morgan fingerprint density at radius 3 is 2.09 bits per heavy atom. The third kappa shape index (κ3) is 3.64. The van der Waals surface area contributed by atoms with Gasteiger partial charge in [-0.15, -0.1) is 11.3 Å². The number of aromatic nitrogens is 2. The first kappa shape index (κ1) is 15.8. The fourth-order valence-electron chi connectivity index (χ4n) is 2.02. The van der Waals surface area contributed by atoms with Gasteiger partial charge in [-0.25, -0.2) is 0 Å². The summed E-state index contributed by atoms with van der Waals surface area (Å²) in [6, 6.07) is 10.9. The molecule has 7 heteroatoms. The van der Waals surface area contributed by atoms with E-state index in [4.69, 9.17) is 23.2 Å². The van der Waals surface area contributed by atoms with Crippen LogP contribution in [0.4, 0.5) is 0 Å². The van der Waals surface area contributed by atoms with Crippen molar-refractivity contribution in [1.29, 1.82) is 0 Å². The molecule has 0 unspecified atom stereocenters. The Hall–Kier alpha value is -2.08. The monoisotopic (exact) mass is 364 g/mol. The molecule has 2 N–H and O–H groups in total. The zero-order valence-electron chi connectivity index (χ0n) is 11.6. The van der Waals surface area contributed by atoms with Crippen LogP contribution in [0.3, 0.4) is 0 Å². The van der Waals surface area contributed by atoms with Gasteiger partial charge in [0, 0.05) is 5.56 Å². The Labute approximate surface area is 144 Å². The molecule has 3 aromatic rings. The maximum absolute atomic E-state index is 12.2. The van der Waals surface area contributed by atoms with E-state index in [1.807, 2.05) is 30.3 Å². The van der Waals surface area contributed by atoms with Crippen molar-refractivity contribution in [2.24, 2.45) is 0 Å². The summed E-state index contributed by atoms with van der Waals surface area (Å²) < 4.78 is 0.962. The number of hydrogen-bond donors (Lipinski definition) is 2. The molecule has 0 fully saturated rings. The van der Waals surface area contributed by atoms with Crippen LogP contribution in [0.5, 0.6) is 0 Å². The fraction of sp³-hybridized carbons (Fsp3) is 0. The molecule has 0 aliphatic carbocycles. The molecule has 0 amide bonds. The summed E-state index contributed by atoms with van der Waals surface area (Å²) in [6.45, 7) is 0. The van der Waals surface area contributed by atoms with Crippen LogP contribution in [0.15, 0.2) is 46.0 Å². The van der Waals surface area contributed by atoms with Crippen LogP contribution < -0.4 is 21.8 Å². The number of hydrogen-bond acceptors (Lipinski definition) is 3. The molecule has 2 aromatic heterocycles. The van der Waals surface area contributed by atoms with Gasteiger partial charge in [-0.3, -0.25) is 9.59 Å². The Kier molecular flexibility index (Phi) is 4.52. The predicted octanol–water partition coefficient (Wildman–Crippen LogP) is 2.09. The number of rotatable bonds is 2. The Bertz CT molecular complexity index is 1080. The van der Waals surface area contributed by atoms with E-state index in [1.165, 1.54) is 17.4 Å². The Morgan fingerprint density at radius 2 is 1.52 bits per heavy atom. The van der Waals surface area contributed by atoms with E-state index in [9.17, 15) is 9.59 Å². The van der Waals surface area contributed by atoms with Crippen LogP contribution in [-0.4, -0.2) is 9.97 Å². The minimum Gasteiger partial charge on any atom is -0.316 e. The molecule has 0 saturated heterocycles. The summed E-state index contributed by atoms with van der Waals surface area (Å²) in [5.74, 6) is 0. The van der Waals surface area contributed by atoms with Crippen molar-refractivity contribution >= 4 is 46.7 Å². The van der Waals surface area contributed by atoms with Crippen LogP contribution in [0.2, 0.25) is 8.67 Å². The average molecular weight is 365 g/mol. The molecular weight excluding hydrogens is 355 g/mol. The summed E-state index contributed by atoms with van der Waals surface area (Å²) in [7, 11) is 0. The summed E-state index contributed by atoms with van der Waals surface area (Å²) in [5.41, 5.74) is 0.600. The van der Waals surface area contributed by atoms with Gasteiger partial charge in [0.15, 0.2) is 0 Å². The summed E-state index contributed by atoms with van der Waals surface area (Å²) in [6.07, 6.45) is 3.11. The summed E-state index contributed by atoms with van der Waals surface area (Å²) in [5, 5.41) is 0.310. The van der Waals surface area contributed by atoms with Gasteiger partial charge in [-0.1, -0.05) is 53.5 Å². The summed E-state index contributed by atoms with van der Waals surface area (Å²) >= 11 is 13.1. The lowest BCUT2D eigenvalue weighted by molar-refractivity contribution is 1.00. The molecule has 0 aliphatic rings. The first-order valence-electron chi connectivity index (χ1n) is 6.59. The third-order valence-electron chi connectivity index (χ3n) is 3.08. The standard InChI is InChI=1S/C16H10Cl2N2O2S/c17-13-8-10(14(18)23-13)7-12-16(22)19-11(15(21)20-12)6-9-4-2-1-3-5-9/h1-8H,(H,19,22)(H,20,21). The third-order valence-corrected chi connectivity index (χ3v) is 4.60. The predicted molar refractivity (Wildman–Crippen MR) is 94.8 cm³/mol. The quantitative estimate of drug-likeness (QED) is 0.731. The zero-order valence-corrected chi connectivity index (χ0v) is 13.9. The number of nitrogens with one attached hydrogen (secondary N) is 2. The molecular formula is C16H10Cl2N2O2S. The van der Waals surface area contributed by atoms with Crippen molar-refractivity contribution in [1.82, 2.24) is 9.97 Å². The van der Waals surface area contributed by atoms with E-state index in [0.717, 1.165) is 5.56 Å². The van der Waals surface area contributed by atoms with Gasteiger partial charge in [0.05, 0.1) is 4.34 Å². The SMILES string of the molecule is O=c1[nH]c(=Cc2cc(Cl)sc2Cl)c(=O)[nH]c1=Cc1ccccc1. The maximum Gasteiger partial charge on any atom is 0.272 e. The molecule has 116 valence electrons. The van der Waals surface area contributed by atoms with E-state index in [-0.39, 0.29) is 10.7 Å². The topological polar surface area (TPSA) is 65.7 Å². The number of thiophene rings is 1. The van der Waals surface area contributed by atoms with Crippen molar-refractivity contribution in [3.8, 4) is 0 Å². The molecule has 0 radical (unpaired) electrons. The lowest BCUT2D eigenvalue weighted by Crippen LogP contribution is -2.46. The molecule has 0 aliphatic heterocycles. The van der Waals surface area contributed by atoms with Crippen LogP contribution in [0.25, 0.3) is 12.2 Å². The van der Waals surface area contributed by atoms with Crippen LogP contribution in [0.1, 0.15) is 11.1 Å². The molecule has 0 atom stereocenters. The second kappa shape index (κ2) is 6.58. The highest BCUT2D eigenvalue weighted by Crippen LogP contribution is 2.31. The van der Waals surface area contributed by atoms with Gasteiger partial charge in [0.2, 0.25) is 0 Å². The van der Waals surface area contributed by atoms with Crippen molar-refractivity contribution in [3.63, 3.8) is 0 Å². The van der Waals surface area contributed by atoms with Crippen molar-refractivity contribution in [3.05, 3.63) is 87.6 Å². The van der Waals surface area contributed by atoms with Crippen LogP contribution in [0, 0.1) is 0 Å². The molecule has 23 heavy (non-hydrogen) atoms. The molecule has 1 aromatic carbocycles. The van der Waals surface area contributed by atoms with E-state index >= 15 is 0 Å². The fourth-order valence-corrected chi connectivity index (χ4v) is 3.44. The molecule has 0 spiro atoms. The molecule has 0 bridgehead atoms. The van der Waals surface area contributed by atoms with Crippen molar-refractivity contribution in [2.75, 3.05) is 0 Å². The van der Waals surface area contributed by atoms with Gasteiger partial charge in [0.25, 0.3) is 11.1 Å². The smallest absolute Gasteiger partial charge is 0.272 e. The highest BCUT2D eigenvalue weighted by atomic mass is 35.5. The second-order valence-corrected chi connectivity index (χ2v) is 7.00. The highest BCUT2D eigenvalue weighted by molar-refractivity contribution is 7.20. The van der Waals surface area contributed by atoms with Crippen LogP contribution in [-0.2, 0) is 0 Å². The van der Waals surface area contributed by atoms with E-state index < -0.39 is 11.1 Å². The number of benzene rings is 1. The lowest BCUT2D eigenvalue weighted by Gasteiger charge is -1.93. The molecule has 3 rings (SSSR count). The van der Waals surface area contributed by atoms with Gasteiger partial charge in [-0.05, 0) is 23.8 Å². The molecule has 4 nitrogen and oxygen atoms in total. The number of H-pyrrole nitrogens is 2. The van der Waals surface area contributed by atoms with Gasteiger partial charge < -0.3 is 9.97 Å². The van der Waals surface area contributed by atoms with Crippen molar-refractivity contribution in [2.45, 2.75) is 0 Å². The number of aromatic amines is 2. The van der Waals surface area contributed by atoms with Crippen molar-refractivity contribution < 1.29 is 0 Å². The number of halogens is 2. The van der Waals surface area contributed by atoms with Gasteiger partial charge in [-0.2, -0.15) is 0 Å². The van der Waals surface area contributed by atoms with E-state index in [0.29, 0.717) is 14.2 Å². The molecule has 2 heterocycles. The second-order valence-electron chi connectivity index (χ2n) is 4.71. The van der Waals surface area contributed by atoms with Gasteiger partial charge in [0.1, 0.15) is 15.0 Å². The maximum atomic E-state index is 12.2. The minimum atomic E-state index is -0.412.